The van der Waals surface area contributed by atoms with E-state index in [0.717, 1.165) is 29.7 Å². The van der Waals surface area contributed by atoms with Crippen molar-refractivity contribution in [3.63, 3.8) is 0 Å². The molecule has 1 atom stereocenters. The first-order valence-electron chi connectivity index (χ1n) is 8.79. The van der Waals surface area contributed by atoms with Crippen molar-refractivity contribution < 1.29 is 9.90 Å². The van der Waals surface area contributed by atoms with E-state index in [2.05, 4.69) is 6.26 Å². The number of piperidine rings is 1. The number of rotatable bonds is 5. The highest BCUT2D eigenvalue weighted by molar-refractivity contribution is 7.97. The van der Waals surface area contributed by atoms with Crippen molar-refractivity contribution in [1.29, 1.82) is 0 Å². The Morgan fingerprint density at radius 2 is 1.76 bits per heavy atom. The van der Waals surface area contributed by atoms with Crippen LogP contribution in [0.15, 0.2) is 54.6 Å². The first-order chi connectivity index (χ1) is 12.2. The third kappa shape index (κ3) is 4.44. The van der Waals surface area contributed by atoms with Crippen molar-refractivity contribution in [3.8, 4) is 0 Å². The van der Waals surface area contributed by atoms with Gasteiger partial charge < -0.3 is 10.0 Å². The number of carbonyl (C=O) groups is 1. The molecule has 1 saturated heterocycles. The number of aliphatic hydroxyl groups is 1. The van der Waals surface area contributed by atoms with Crippen molar-refractivity contribution in [2.45, 2.75) is 24.7 Å². The zero-order valence-electron chi connectivity index (χ0n) is 14.6. The Morgan fingerprint density at radius 3 is 2.36 bits per heavy atom. The fourth-order valence-corrected chi connectivity index (χ4v) is 3.96. The number of thioether (sulfide) groups is 1. The number of nitrogens with zero attached hydrogens (tertiary/aromatic N) is 1. The average molecular weight is 356 g/mol. The van der Waals surface area contributed by atoms with E-state index in [1.165, 1.54) is 5.56 Å². The molecule has 0 spiro atoms. The summed E-state index contributed by atoms with van der Waals surface area (Å²) >= 11 is 1.78. The van der Waals surface area contributed by atoms with Crippen LogP contribution in [0.2, 0.25) is 0 Å². The molecule has 0 aliphatic carbocycles. The zero-order valence-corrected chi connectivity index (χ0v) is 15.4. The van der Waals surface area contributed by atoms with Gasteiger partial charge in [-0.1, -0.05) is 42.5 Å². The van der Waals surface area contributed by atoms with Gasteiger partial charge >= 0.3 is 0 Å². The van der Waals surface area contributed by atoms with E-state index in [-0.39, 0.29) is 11.8 Å². The molecule has 3 rings (SSSR count). The van der Waals surface area contributed by atoms with Crippen molar-refractivity contribution in [3.05, 3.63) is 71.3 Å². The molecule has 1 aliphatic rings. The first kappa shape index (κ1) is 18.0. The average Bonchev–Trinajstić information content (AvgIpc) is 2.68. The van der Waals surface area contributed by atoms with E-state index < -0.39 is 6.10 Å². The fraction of sp³-hybridized carbons (Fsp3) is 0.381. The lowest BCUT2D eigenvalue weighted by Gasteiger charge is -2.34. The molecule has 1 amide bonds. The van der Waals surface area contributed by atoms with Crippen molar-refractivity contribution in [2.75, 3.05) is 19.3 Å². The van der Waals surface area contributed by atoms with Crippen molar-refractivity contribution in [1.82, 2.24) is 4.90 Å². The Bertz CT molecular complexity index is 679. The van der Waals surface area contributed by atoms with E-state index >= 15 is 0 Å². The van der Waals surface area contributed by atoms with Gasteiger partial charge in [0.2, 0.25) is 0 Å². The van der Waals surface area contributed by atoms with Gasteiger partial charge in [-0.05, 0) is 48.3 Å². The lowest BCUT2D eigenvalue weighted by atomic mass is 9.87. The molecule has 4 heteroatoms. The summed E-state index contributed by atoms with van der Waals surface area (Å²) in [5.41, 5.74) is 2.97. The second-order valence-electron chi connectivity index (χ2n) is 6.62. The molecule has 1 aliphatic heterocycles. The molecule has 25 heavy (non-hydrogen) atoms. The van der Waals surface area contributed by atoms with Crippen LogP contribution < -0.4 is 0 Å². The Hall–Kier alpha value is -1.78. The summed E-state index contributed by atoms with van der Waals surface area (Å²) < 4.78 is 0. The maximum Gasteiger partial charge on any atom is 0.253 e. The van der Waals surface area contributed by atoms with E-state index in [1.54, 1.807) is 11.8 Å². The van der Waals surface area contributed by atoms with Gasteiger partial charge in [-0.15, -0.1) is 0 Å². The normalized spacial score (nSPS) is 16.6. The third-order valence-corrected chi connectivity index (χ3v) is 5.55. The molecule has 0 saturated carbocycles. The highest BCUT2D eigenvalue weighted by Crippen LogP contribution is 2.31. The smallest absolute Gasteiger partial charge is 0.253 e. The Labute approximate surface area is 154 Å². The molecule has 0 bridgehead atoms. The molecule has 0 aromatic heterocycles. The highest BCUT2D eigenvalue weighted by atomic mass is 32.2. The molecular weight excluding hydrogens is 330 g/mol. The van der Waals surface area contributed by atoms with Crippen LogP contribution >= 0.6 is 11.8 Å². The minimum atomic E-state index is -0.440. The lowest BCUT2D eigenvalue weighted by Crippen LogP contribution is -2.39. The second-order valence-corrected chi connectivity index (χ2v) is 7.48. The lowest BCUT2D eigenvalue weighted by molar-refractivity contribution is 0.0462. The van der Waals surface area contributed by atoms with Gasteiger partial charge in [0.25, 0.3) is 5.91 Å². The SMILES string of the molecule is CSCc1ccc(C(=O)N2CCC(C(O)c3ccccc3)CC2)cc1. The van der Waals surface area contributed by atoms with Crippen LogP contribution in [0.1, 0.15) is 40.4 Å². The predicted octanol–water partition coefficient (Wildman–Crippen LogP) is 4.14. The Balaban J connectivity index is 1.57. The number of carbonyl (C=O) groups excluding carboxylic acids is 1. The van der Waals surface area contributed by atoms with Gasteiger partial charge in [0.15, 0.2) is 0 Å². The summed E-state index contributed by atoms with van der Waals surface area (Å²) in [4.78, 5) is 14.6. The summed E-state index contributed by atoms with van der Waals surface area (Å²) in [6, 6.07) is 17.7. The number of hydrogen-bond donors (Lipinski definition) is 1. The molecule has 1 unspecified atom stereocenters. The Morgan fingerprint density at radius 1 is 1.12 bits per heavy atom. The highest BCUT2D eigenvalue weighted by Gasteiger charge is 2.28. The molecular formula is C21H25NO2S. The van der Waals surface area contributed by atoms with Crippen LogP contribution in [0.25, 0.3) is 0 Å². The minimum absolute atomic E-state index is 0.100. The van der Waals surface area contributed by atoms with Crippen LogP contribution in [-0.2, 0) is 5.75 Å². The molecule has 132 valence electrons. The maximum atomic E-state index is 12.7. The van der Waals surface area contributed by atoms with Crippen molar-refractivity contribution in [2.24, 2.45) is 5.92 Å². The number of hydrogen-bond acceptors (Lipinski definition) is 3. The van der Waals surface area contributed by atoms with Crippen LogP contribution in [0.5, 0.6) is 0 Å². The number of amides is 1. The molecule has 3 nitrogen and oxygen atoms in total. The Kier molecular flexibility index (Phi) is 6.16. The van der Waals surface area contributed by atoms with Gasteiger partial charge in [-0.2, -0.15) is 11.8 Å². The largest absolute Gasteiger partial charge is 0.388 e. The summed E-state index contributed by atoms with van der Waals surface area (Å²) in [5.74, 6) is 1.29. The first-order valence-corrected chi connectivity index (χ1v) is 10.2. The van der Waals surface area contributed by atoms with Crippen LogP contribution in [-0.4, -0.2) is 35.3 Å². The molecule has 2 aromatic carbocycles. The zero-order chi connectivity index (χ0) is 17.6. The third-order valence-electron chi connectivity index (χ3n) is 4.93. The van der Waals surface area contributed by atoms with Gasteiger partial charge in [0, 0.05) is 24.4 Å². The van der Waals surface area contributed by atoms with Gasteiger partial charge in [0.1, 0.15) is 0 Å². The summed E-state index contributed by atoms with van der Waals surface area (Å²) in [5, 5.41) is 10.6. The summed E-state index contributed by atoms with van der Waals surface area (Å²) in [6.07, 6.45) is 3.32. The topological polar surface area (TPSA) is 40.5 Å². The monoisotopic (exact) mass is 355 g/mol. The number of aliphatic hydroxyl groups excluding tert-OH is 1. The van der Waals surface area contributed by atoms with E-state index in [1.807, 2.05) is 59.5 Å². The summed E-state index contributed by atoms with van der Waals surface area (Å²) in [6.45, 7) is 1.42. The van der Waals surface area contributed by atoms with Gasteiger partial charge in [-0.25, -0.2) is 0 Å². The molecule has 1 heterocycles. The van der Waals surface area contributed by atoms with E-state index in [4.69, 9.17) is 0 Å². The maximum absolute atomic E-state index is 12.7. The van der Waals surface area contributed by atoms with Gasteiger partial charge in [-0.3, -0.25) is 4.79 Å². The van der Waals surface area contributed by atoms with Gasteiger partial charge in [0.05, 0.1) is 6.10 Å². The molecule has 1 fully saturated rings. The molecule has 0 radical (unpaired) electrons. The second kappa shape index (κ2) is 8.54. The number of benzene rings is 2. The molecule has 2 aromatic rings. The van der Waals surface area contributed by atoms with Crippen LogP contribution in [0.3, 0.4) is 0 Å². The fourth-order valence-electron chi connectivity index (χ4n) is 3.43. The predicted molar refractivity (Wildman–Crippen MR) is 104 cm³/mol. The number of likely N-dealkylation sites (tertiary alicyclic amines) is 1. The van der Waals surface area contributed by atoms with Crippen LogP contribution in [0, 0.1) is 5.92 Å². The minimum Gasteiger partial charge on any atom is -0.388 e. The van der Waals surface area contributed by atoms with Crippen LogP contribution in [0.4, 0.5) is 0 Å². The van der Waals surface area contributed by atoms with E-state index in [0.29, 0.717) is 13.1 Å². The summed E-state index contributed by atoms with van der Waals surface area (Å²) in [7, 11) is 0. The molecule has 1 N–H and O–H groups in total. The standard InChI is InChI=1S/C21H25NO2S/c1-25-15-16-7-9-19(10-8-16)21(24)22-13-11-18(12-14-22)20(23)17-5-3-2-4-6-17/h2-10,18,20,23H,11-15H2,1H3. The van der Waals surface area contributed by atoms with Crippen molar-refractivity contribution >= 4 is 17.7 Å². The quantitative estimate of drug-likeness (QED) is 0.876. The van der Waals surface area contributed by atoms with E-state index in [9.17, 15) is 9.90 Å².